The Labute approximate surface area is 130 Å². The quantitative estimate of drug-likeness (QED) is 0.825. The van der Waals surface area contributed by atoms with Gasteiger partial charge in [0.05, 0.1) is 17.8 Å². The highest BCUT2D eigenvalue weighted by atomic mass is 16.2. The average molecular weight is 300 g/mol. The molecule has 1 saturated heterocycles. The molecular weight excluding hydrogens is 280 g/mol. The molecule has 0 radical (unpaired) electrons. The Hall–Kier alpha value is -2.39. The zero-order valence-electron chi connectivity index (χ0n) is 12.9. The van der Waals surface area contributed by atoms with Gasteiger partial charge in [-0.05, 0) is 25.1 Å². The molecule has 6 heteroatoms. The summed E-state index contributed by atoms with van der Waals surface area (Å²) in [5, 5.41) is 11.9. The summed E-state index contributed by atoms with van der Waals surface area (Å²) < 4.78 is 0. The van der Waals surface area contributed by atoms with E-state index < -0.39 is 0 Å². The van der Waals surface area contributed by atoms with E-state index in [1.807, 2.05) is 0 Å². The van der Waals surface area contributed by atoms with Gasteiger partial charge in [0.15, 0.2) is 5.78 Å². The summed E-state index contributed by atoms with van der Waals surface area (Å²) >= 11 is 0. The number of benzene rings is 1. The number of Topliss-reactive ketones (excluding diaryl/α,β-unsaturated/α-hetero) is 1. The van der Waals surface area contributed by atoms with Crippen molar-refractivity contribution in [2.24, 2.45) is 0 Å². The summed E-state index contributed by atoms with van der Waals surface area (Å²) in [6.45, 7) is 4.88. The third-order valence-corrected chi connectivity index (χ3v) is 3.88. The molecule has 0 bridgehead atoms. The summed E-state index contributed by atoms with van der Waals surface area (Å²) in [6, 6.07) is 7.35. The number of anilines is 1. The highest BCUT2D eigenvalue weighted by molar-refractivity contribution is 5.95. The lowest BCUT2D eigenvalue weighted by molar-refractivity contribution is -0.121. The van der Waals surface area contributed by atoms with Crippen LogP contribution in [0.5, 0.6) is 0 Å². The van der Waals surface area contributed by atoms with E-state index in [0.29, 0.717) is 17.7 Å². The van der Waals surface area contributed by atoms with Crippen LogP contribution < -0.4 is 10.2 Å². The molecule has 0 atom stereocenters. The SMILES string of the molecule is CNC(=O)CN1CCN(c2cc(C(C)=O)ccc2C#N)CC1. The van der Waals surface area contributed by atoms with Crippen molar-refractivity contribution in [3.8, 4) is 6.07 Å². The van der Waals surface area contributed by atoms with Crippen LogP contribution in [0.25, 0.3) is 0 Å². The largest absolute Gasteiger partial charge is 0.368 e. The van der Waals surface area contributed by atoms with Crippen LogP contribution >= 0.6 is 0 Å². The first-order chi connectivity index (χ1) is 10.5. The Morgan fingerprint density at radius 3 is 2.50 bits per heavy atom. The van der Waals surface area contributed by atoms with E-state index in [1.165, 1.54) is 6.92 Å². The van der Waals surface area contributed by atoms with Gasteiger partial charge in [-0.1, -0.05) is 0 Å². The van der Waals surface area contributed by atoms with Crippen LogP contribution in [0, 0.1) is 11.3 Å². The van der Waals surface area contributed by atoms with Gasteiger partial charge < -0.3 is 10.2 Å². The van der Waals surface area contributed by atoms with Crippen molar-refractivity contribution in [3.05, 3.63) is 29.3 Å². The van der Waals surface area contributed by atoms with Crippen LogP contribution in [0.3, 0.4) is 0 Å². The molecule has 1 aromatic carbocycles. The first-order valence-electron chi connectivity index (χ1n) is 7.28. The molecule has 1 aliphatic rings. The predicted molar refractivity (Wildman–Crippen MR) is 83.9 cm³/mol. The number of carbonyl (C=O) groups excluding carboxylic acids is 2. The number of likely N-dealkylation sites (N-methyl/N-ethyl adjacent to an activating group) is 1. The van der Waals surface area contributed by atoms with E-state index in [2.05, 4.69) is 21.2 Å². The number of hydrogen-bond donors (Lipinski definition) is 1. The standard InChI is InChI=1S/C16H20N4O2/c1-12(21)13-3-4-14(10-17)15(9-13)20-7-5-19(6-8-20)11-16(22)18-2/h3-4,9H,5-8,11H2,1-2H3,(H,18,22). The van der Waals surface area contributed by atoms with E-state index in [1.54, 1.807) is 25.2 Å². The van der Waals surface area contributed by atoms with Gasteiger partial charge in [0, 0.05) is 38.8 Å². The second kappa shape index (κ2) is 7.05. The molecule has 1 aliphatic heterocycles. The Balaban J connectivity index is 2.10. The lowest BCUT2D eigenvalue weighted by Gasteiger charge is -2.36. The minimum Gasteiger partial charge on any atom is -0.368 e. The summed E-state index contributed by atoms with van der Waals surface area (Å²) in [7, 11) is 1.63. The number of hydrogen-bond acceptors (Lipinski definition) is 5. The van der Waals surface area contributed by atoms with Crippen LogP contribution in [-0.4, -0.2) is 56.4 Å². The van der Waals surface area contributed by atoms with E-state index in [9.17, 15) is 14.9 Å². The van der Waals surface area contributed by atoms with Crippen molar-refractivity contribution in [1.29, 1.82) is 5.26 Å². The maximum atomic E-state index is 11.5. The summed E-state index contributed by atoms with van der Waals surface area (Å²) in [5.41, 5.74) is 1.99. The van der Waals surface area contributed by atoms with Crippen LogP contribution in [0.2, 0.25) is 0 Å². The molecule has 22 heavy (non-hydrogen) atoms. The van der Waals surface area contributed by atoms with Gasteiger partial charge in [-0.15, -0.1) is 0 Å². The van der Waals surface area contributed by atoms with Crippen LogP contribution in [0.4, 0.5) is 5.69 Å². The smallest absolute Gasteiger partial charge is 0.233 e. The van der Waals surface area contributed by atoms with E-state index in [4.69, 9.17) is 0 Å². The number of rotatable bonds is 4. The van der Waals surface area contributed by atoms with Crippen molar-refractivity contribution in [1.82, 2.24) is 10.2 Å². The normalized spacial score (nSPS) is 15.2. The maximum absolute atomic E-state index is 11.5. The molecule has 0 spiro atoms. The monoisotopic (exact) mass is 300 g/mol. The molecule has 1 aromatic rings. The first-order valence-corrected chi connectivity index (χ1v) is 7.28. The minimum absolute atomic E-state index is 0.00439. The highest BCUT2D eigenvalue weighted by Gasteiger charge is 2.21. The fourth-order valence-electron chi connectivity index (χ4n) is 2.54. The molecular formula is C16H20N4O2. The van der Waals surface area contributed by atoms with Gasteiger partial charge in [-0.3, -0.25) is 14.5 Å². The number of piperazine rings is 1. The number of nitriles is 1. The zero-order chi connectivity index (χ0) is 16.1. The van der Waals surface area contributed by atoms with E-state index >= 15 is 0 Å². The summed E-state index contributed by atoms with van der Waals surface area (Å²) in [6.07, 6.45) is 0. The van der Waals surface area contributed by atoms with Crippen molar-refractivity contribution in [2.75, 3.05) is 44.7 Å². The lowest BCUT2D eigenvalue weighted by atomic mass is 10.1. The van der Waals surface area contributed by atoms with Crippen LogP contribution in [-0.2, 0) is 4.79 Å². The van der Waals surface area contributed by atoms with Crippen LogP contribution in [0.15, 0.2) is 18.2 Å². The molecule has 2 rings (SSSR count). The molecule has 0 aliphatic carbocycles. The molecule has 0 saturated carbocycles. The maximum Gasteiger partial charge on any atom is 0.233 e. The van der Waals surface area contributed by atoms with Crippen molar-refractivity contribution < 1.29 is 9.59 Å². The van der Waals surface area contributed by atoms with E-state index in [-0.39, 0.29) is 11.7 Å². The zero-order valence-corrected chi connectivity index (χ0v) is 12.9. The molecule has 1 heterocycles. The molecule has 116 valence electrons. The number of carbonyl (C=O) groups is 2. The number of ketones is 1. The Morgan fingerprint density at radius 2 is 1.95 bits per heavy atom. The first kappa shape index (κ1) is 16.0. The Bertz CT molecular complexity index is 613. The number of amides is 1. The molecule has 0 unspecified atom stereocenters. The van der Waals surface area contributed by atoms with Crippen molar-refractivity contribution in [2.45, 2.75) is 6.92 Å². The third kappa shape index (κ3) is 3.62. The molecule has 0 aromatic heterocycles. The van der Waals surface area contributed by atoms with Crippen LogP contribution in [0.1, 0.15) is 22.8 Å². The number of nitrogens with one attached hydrogen (secondary N) is 1. The van der Waals surface area contributed by atoms with Gasteiger partial charge in [-0.25, -0.2) is 0 Å². The van der Waals surface area contributed by atoms with E-state index in [0.717, 1.165) is 31.9 Å². The third-order valence-electron chi connectivity index (χ3n) is 3.88. The van der Waals surface area contributed by atoms with Crippen molar-refractivity contribution in [3.63, 3.8) is 0 Å². The lowest BCUT2D eigenvalue weighted by Crippen LogP contribution is -2.49. The fourth-order valence-corrected chi connectivity index (χ4v) is 2.54. The molecule has 1 amide bonds. The van der Waals surface area contributed by atoms with Crippen molar-refractivity contribution >= 4 is 17.4 Å². The predicted octanol–water partition coefficient (Wildman–Crippen LogP) is 0.629. The fraction of sp³-hybridized carbons (Fsp3) is 0.438. The van der Waals surface area contributed by atoms with Gasteiger partial charge >= 0.3 is 0 Å². The number of nitrogens with zero attached hydrogens (tertiary/aromatic N) is 3. The van der Waals surface area contributed by atoms with Gasteiger partial charge in [0.25, 0.3) is 0 Å². The van der Waals surface area contributed by atoms with Gasteiger partial charge in [0.1, 0.15) is 6.07 Å². The average Bonchev–Trinajstić information content (AvgIpc) is 2.54. The second-order valence-corrected chi connectivity index (χ2v) is 5.34. The topological polar surface area (TPSA) is 76.4 Å². The highest BCUT2D eigenvalue weighted by Crippen LogP contribution is 2.23. The molecule has 6 nitrogen and oxygen atoms in total. The van der Waals surface area contributed by atoms with Gasteiger partial charge in [0.2, 0.25) is 5.91 Å². The van der Waals surface area contributed by atoms with Gasteiger partial charge in [-0.2, -0.15) is 5.26 Å². The summed E-state index contributed by atoms with van der Waals surface area (Å²) in [4.78, 5) is 27.1. The second-order valence-electron chi connectivity index (χ2n) is 5.34. The molecule has 1 N–H and O–H groups in total. The summed E-state index contributed by atoms with van der Waals surface area (Å²) in [5.74, 6) is -0.00580. The minimum atomic E-state index is -0.0102. The molecule has 1 fully saturated rings. The Morgan fingerprint density at radius 1 is 1.27 bits per heavy atom. The Kier molecular flexibility index (Phi) is 5.12.